The third kappa shape index (κ3) is 3.84. The lowest BCUT2D eigenvalue weighted by atomic mass is 10.3. The second-order valence-electron chi connectivity index (χ2n) is 6.95. The van der Waals surface area contributed by atoms with Crippen molar-refractivity contribution < 1.29 is 13.9 Å². The van der Waals surface area contributed by atoms with Crippen molar-refractivity contribution >= 4 is 16.9 Å². The average Bonchev–Trinajstić information content (AvgIpc) is 3.03. The van der Waals surface area contributed by atoms with Crippen LogP contribution in [0, 0.1) is 5.82 Å². The van der Waals surface area contributed by atoms with Crippen molar-refractivity contribution in [3.05, 3.63) is 60.2 Å². The van der Waals surface area contributed by atoms with Crippen molar-refractivity contribution in [1.82, 2.24) is 19.4 Å². The van der Waals surface area contributed by atoms with Gasteiger partial charge in [0.15, 0.2) is 18.2 Å². The summed E-state index contributed by atoms with van der Waals surface area (Å²) in [7, 11) is 2.03. The largest absolute Gasteiger partial charge is 0.481 e. The summed E-state index contributed by atoms with van der Waals surface area (Å²) in [6, 6.07) is 14.2. The van der Waals surface area contributed by atoms with E-state index in [-0.39, 0.29) is 18.3 Å². The number of hydrogen-bond donors (Lipinski definition) is 0. The van der Waals surface area contributed by atoms with Gasteiger partial charge in [0, 0.05) is 33.2 Å². The second kappa shape index (κ2) is 7.98. The Labute approximate surface area is 163 Å². The van der Waals surface area contributed by atoms with Crippen molar-refractivity contribution in [2.45, 2.75) is 6.54 Å². The summed E-state index contributed by atoms with van der Waals surface area (Å²) in [6.45, 7) is 3.40. The molecule has 4 rings (SSSR count). The van der Waals surface area contributed by atoms with Crippen molar-refractivity contribution in [3.63, 3.8) is 0 Å². The first-order valence-electron chi connectivity index (χ1n) is 9.39. The van der Waals surface area contributed by atoms with E-state index in [1.807, 2.05) is 25.2 Å². The third-order valence-electron chi connectivity index (χ3n) is 5.16. The number of aryl methyl sites for hydroxylation is 1. The highest BCUT2D eigenvalue weighted by Gasteiger charge is 2.23. The highest BCUT2D eigenvalue weighted by Crippen LogP contribution is 2.17. The zero-order valence-corrected chi connectivity index (χ0v) is 15.8. The highest BCUT2D eigenvalue weighted by atomic mass is 19.1. The Kier molecular flexibility index (Phi) is 5.25. The Hall–Kier alpha value is -2.93. The fraction of sp³-hybridized carbons (Fsp3) is 0.333. The van der Waals surface area contributed by atoms with Gasteiger partial charge in [0.05, 0.1) is 17.6 Å². The van der Waals surface area contributed by atoms with Crippen LogP contribution in [0.3, 0.4) is 0 Å². The summed E-state index contributed by atoms with van der Waals surface area (Å²) in [5.41, 5.74) is 2.12. The normalized spacial score (nSPS) is 15.1. The van der Waals surface area contributed by atoms with E-state index in [1.54, 1.807) is 17.0 Å². The zero-order valence-electron chi connectivity index (χ0n) is 15.8. The number of piperazine rings is 1. The number of fused-ring (bicyclic) bond motifs is 1. The van der Waals surface area contributed by atoms with Crippen molar-refractivity contribution in [3.8, 4) is 5.75 Å². The molecule has 0 unspecified atom stereocenters. The highest BCUT2D eigenvalue weighted by molar-refractivity contribution is 5.78. The number of aromatic nitrogens is 2. The molecule has 0 spiro atoms. The van der Waals surface area contributed by atoms with Crippen molar-refractivity contribution in [2.75, 3.05) is 32.8 Å². The number of rotatable bonds is 5. The summed E-state index contributed by atoms with van der Waals surface area (Å²) in [5, 5.41) is 0. The Balaban J connectivity index is 1.30. The predicted octanol–water partition coefficient (Wildman–Crippen LogP) is 2.44. The molecule has 1 aliphatic rings. The molecule has 1 amide bonds. The van der Waals surface area contributed by atoms with Crippen LogP contribution in [0.5, 0.6) is 5.75 Å². The van der Waals surface area contributed by atoms with Crippen LogP contribution in [-0.4, -0.2) is 58.0 Å². The van der Waals surface area contributed by atoms with Gasteiger partial charge in [-0.2, -0.15) is 0 Å². The fourth-order valence-corrected chi connectivity index (χ4v) is 3.48. The number of halogens is 1. The molecule has 7 heteroatoms. The third-order valence-corrected chi connectivity index (χ3v) is 5.16. The van der Waals surface area contributed by atoms with Crippen LogP contribution in [-0.2, 0) is 18.4 Å². The van der Waals surface area contributed by atoms with E-state index in [4.69, 9.17) is 9.72 Å². The first-order chi connectivity index (χ1) is 13.6. The molecular weight excluding hydrogens is 359 g/mol. The Morgan fingerprint density at radius 2 is 1.79 bits per heavy atom. The number of benzene rings is 2. The minimum absolute atomic E-state index is 0.108. The number of hydrogen-bond acceptors (Lipinski definition) is 4. The van der Waals surface area contributed by atoms with Crippen LogP contribution in [0.25, 0.3) is 11.0 Å². The molecule has 0 N–H and O–H groups in total. The van der Waals surface area contributed by atoms with Gasteiger partial charge in [0.25, 0.3) is 5.91 Å². The quantitative estimate of drug-likeness (QED) is 0.680. The van der Waals surface area contributed by atoms with E-state index in [1.165, 1.54) is 12.1 Å². The van der Waals surface area contributed by atoms with Gasteiger partial charge in [0.1, 0.15) is 5.82 Å². The minimum Gasteiger partial charge on any atom is -0.481 e. The zero-order chi connectivity index (χ0) is 19.5. The number of imidazole rings is 1. The summed E-state index contributed by atoms with van der Waals surface area (Å²) in [6.07, 6.45) is 0. The molecule has 3 aromatic rings. The standard InChI is InChI=1S/C21H23FN4O2/c1-24-18-8-4-3-7-17(18)23-20(24)14-25-10-12-26(13-11-25)21(27)15-28-19-9-5-2-6-16(19)22/h2-9H,10-15H2,1H3. The molecule has 0 atom stereocenters. The van der Waals surface area contributed by atoms with Gasteiger partial charge >= 0.3 is 0 Å². The predicted molar refractivity (Wildman–Crippen MR) is 104 cm³/mol. The van der Waals surface area contributed by atoms with Crippen LogP contribution in [0.15, 0.2) is 48.5 Å². The number of nitrogens with zero attached hydrogens (tertiary/aromatic N) is 4. The van der Waals surface area contributed by atoms with E-state index in [0.29, 0.717) is 13.1 Å². The minimum atomic E-state index is -0.456. The van der Waals surface area contributed by atoms with E-state index < -0.39 is 5.82 Å². The maximum Gasteiger partial charge on any atom is 0.260 e. The molecule has 0 bridgehead atoms. The monoisotopic (exact) mass is 382 g/mol. The molecular formula is C21H23FN4O2. The van der Waals surface area contributed by atoms with Crippen LogP contribution in [0.2, 0.25) is 0 Å². The van der Waals surface area contributed by atoms with Gasteiger partial charge in [-0.3, -0.25) is 9.69 Å². The van der Waals surface area contributed by atoms with Gasteiger partial charge < -0.3 is 14.2 Å². The lowest BCUT2D eigenvalue weighted by Gasteiger charge is -2.34. The summed E-state index contributed by atoms with van der Waals surface area (Å²) < 4.78 is 21.0. The maximum absolute atomic E-state index is 13.6. The van der Waals surface area contributed by atoms with Gasteiger partial charge in [-0.1, -0.05) is 24.3 Å². The fourth-order valence-electron chi connectivity index (χ4n) is 3.48. The van der Waals surface area contributed by atoms with Gasteiger partial charge in [-0.05, 0) is 24.3 Å². The van der Waals surface area contributed by atoms with Crippen LogP contribution in [0.1, 0.15) is 5.82 Å². The number of carbonyl (C=O) groups is 1. The van der Waals surface area contributed by atoms with Gasteiger partial charge in [0.2, 0.25) is 0 Å². The van der Waals surface area contributed by atoms with Gasteiger partial charge in [-0.15, -0.1) is 0 Å². The van der Waals surface area contributed by atoms with Gasteiger partial charge in [-0.25, -0.2) is 9.37 Å². The summed E-state index contributed by atoms with van der Waals surface area (Å²) in [5.74, 6) is 0.549. The molecule has 2 aromatic carbocycles. The topological polar surface area (TPSA) is 50.6 Å². The number of amides is 1. The molecule has 2 heterocycles. The van der Waals surface area contributed by atoms with Crippen molar-refractivity contribution in [2.24, 2.45) is 7.05 Å². The van der Waals surface area contributed by atoms with E-state index >= 15 is 0 Å². The lowest BCUT2D eigenvalue weighted by molar-refractivity contribution is -0.135. The molecule has 1 fully saturated rings. The van der Waals surface area contributed by atoms with Crippen LogP contribution >= 0.6 is 0 Å². The molecule has 146 valence electrons. The first kappa shape index (κ1) is 18.4. The van der Waals surface area contributed by atoms with E-state index in [9.17, 15) is 9.18 Å². The number of ether oxygens (including phenoxy) is 1. The second-order valence-corrected chi connectivity index (χ2v) is 6.95. The van der Waals surface area contributed by atoms with Crippen molar-refractivity contribution in [1.29, 1.82) is 0 Å². The molecule has 1 saturated heterocycles. The molecule has 28 heavy (non-hydrogen) atoms. The molecule has 1 aromatic heterocycles. The van der Waals surface area contributed by atoms with E-state index in [2.05, 4.69) is 15.5 Å². The van der Waals surface area contributed by atoms with Crippen LogP contribution < -0.4 is 4.74 Å². The Bertz CT molecular complexity index is 979. The molecule has 1 aliphatic heterocycles. The maximum atomic E-state index is 13.6. The summed E-state index contributed by atoms with van der Waals surface area (Å²) in [4.78, 5) is 21.1. The molecule has 0 saturated carbocycles. The molecule has 6 nitrogen and oxygen atoms in total. The summed E-state index contributed by atoms with van der Waals surface area (Å²) >= 11 is 0. The number of para-hydroxylation sites is 3. The SMILES string of the molecule is Cn1c(CN2CCN(C(=O)COc3ccccc3F)CC2)nc2ccccc21. The molecule has 0 radical (unpaired) electrons. The average molecular weight is 382 g/mol. The smallest absolute Gasteiger partial charge is 0.260 e. The Morgan fingerprint density at radius 1 is 1.07 bits per heavy atom. The van der Waals surface area contributed by atoms with E-state index in [0.717, 1.165) is 36.5 Å². The lowest BCUT2D eigenvalue weighted by Crippen LogP contribution is -2.49. The Morgan fingerprint density at radius 3 is 2.54 bits per heavy atom. The number of carbonyl (C=O) groups excluding carboxylic acids is 1. The first-order valence-corrected chi connectivity index (χ1v) is 9.39. The van der Waals surface area contributed by atoms with Crippen LogP contribution in [0.4, 0.5) is 4.39 Å². The molecule has 0 aliphatic carbocycles.